The van der Waals surface area contributed by atoms with Crippen molar-refractivity contribution in [2.45, 2.75) is 19.4 Å². The molecule has 0 saturated heterocycles. The highest BCUT2D eigenvalue weighted by molar-refractivity contribution is 7.09. The summed E-state index contributed by atoms with van der Waals surface area (Å²) in [4.78, 5) is 31.4. The van der Waals surface area contributed by atoms with E-state index in [2.05, 4.69) is 15.6 Å². The van der Waals surface area contributed by atoms with Gasteiger partial charge in [-0.1, -0.05) is 0 Å². The number of nitrogens with one attached hydrogen (secondary N) is 2. The van der Waals surface area contributed by atoms with Gasteiger partial charge in [0.05, 0.1) is 26.5 Å². The van der Waals surface area contributed by atoms with Gasteiger partial charge in [-0.15, -0.1) is 11.3 Å². The minimum absolute atomic E-state index is 0.244. The third-order valence-corrected chi connectivity index (χ3v) is 5.47. The van der Waals surface area contributed by atoms with Gasteiger partial charge in [-0.2, -0.15) is 0 Å². The smallest absolute Gasteiger partial charge is 0.322 e. The lowest BCUT2D eigenvalue weighted by molar-refractivity contribution is 0.0944. The number of methoxy groups -OCH3 is 4. The Bertz CT molecular complexity index is 892. The predicted molar refractivity (Wildman–Crippen MR) is 126 cm³/mol. The molecule has 2 N–H and O–H groups in total. The maximum atomic E-state index is 13.1. The lowest BCUT2D eigenvalue weighted by Crippen LogP contribution is -2.35. The van der Waals surface area contributed by atoms with E-state index in [1.54, 1.807) is 49.8 Å². The fourth-order valence-electron chi connectivity index (χ4n) is 2.91. The van der Waals surface area contributed by atoms with Crippen LogP contribution in [0.4, 0.5) is 10.5 Å². The van der Waals surface area contributed by atoms with Gasteiger partial charge < -0.3 is 34.5 Å². The molecule has 11 heteroatoms. The third kappa shape index (κ3) is 8.52. The van der Waals surface area contributed by atoms with Gasteiger partial charge in [0.15, 0.2) is 0 Å². The molecular formula is C22H32N4O6S. The number of anilines is 1. The first-order chi connectivity index (χ1) is 16.0. The first kappa shape index (κ1) is 26.4. The van der Waals surface area contributed by atoms with Gasteiger partial charge in [0, 0.05) is 52.0 Å². The van der Waals surface area contributed by atoms with Crippen LogP contribution in [0.2, 0.25) is 0 Å². The van der Waals surface area contributed by atoms with Crippen LogP contribution in [0.15, 0.2) is 23.6 Å². The Labute approximate surface area is 198 Å². The Morgan fingerprint density at radius 3 is 2.52 bits per heavy atom. The van der Waals surface area contributed by atoms with Gasteiger partial charge in [-0.25, -0.2) is 9.78 Å². The van der Waals surface area contributed by atoms with Crippen LogP contribution >= 0.6 is 11.3 Å². The summed E-state index contributed by atoms with van der Waals surface area (Å²) in [5.74, 6) is 0.866. The topological polar surface area (TPSA) is 111 Å². The number of aromatic nitrogens is 1. The number of carbonyl (C=O) groups excluding carboxylic acids is 2. The SMILES string of the molecule is COCCCNC(=O)c1csc(CN(CCCOC)C(=O)Nc2ccc(OC)cc2OC)n1. The second-order valence-electron chi connectivity index (χ2n) is 6.99. The fourth-order valence-corrected chi connectivity index (χ4v) is 3.70. The van der Waals surface area contributed by atoms with Crippen molar-refractivity contribution in [2.75, 3.05) is 60.1 Å². The van der Waals surface area contributed by atoms with Crippen LogP contribution in [0.3, 0.4) is 0 Å². The second kappa shape index (κ2) is 14.3. The van der Waals surface area contributed by atoms with E-state index in [1.807, 2.05) is 0 Å². The lowest BCUT2D eigenvalue weighted by atomic mass is 10.2. The number of thiazole rings is 1. The summed E-state index contributed by atoms with van der Waals surface area (Å²) in [6.45, 7) is 2.32. The quantitative estimate of drug-likeness (QED) is 0.400. The van der Waals surface area contributed by atoms with E-state index in [0.717, 1.165) is 6.42 Å². The van der Waals surface area contributed by atoms with Crippen molar-refractivity contribution in [3.05, 3.63) is 34.3 Å². The number of hydrogen-bond donors (Lipinski definition) is 2. The van der Waals surface area contributed by atoms with Gasteiger partial charge in [0.2, 0.25) is 0 Å². The maximum Gasteiger partial charge on any atom is 0.322 e. The van der Waals surface area contributed by atoms with Crippen molar-refractivity contribution in [3.63, 3.8) is 0 Å². The molecule has 0 bridgehead atoms. The van der Waals surface area contributed by atoms with Crippen LogP contribution in [0.5, 0.6) is 11.5 Å². The summed E-state index contributed by atoms with van der Waals surface area (Å²) in [6.07, 6.45) is 1.38. The van der Waals surface area contributed by atoms with Crippen LogP contribution in [0.1, 0.15) is 28.3 Å². The molecule has 0 spiro atoms. The van der Waals surface area contributed by atoms with Crippen molar-refractivity contribution < 1.29 is 28.5 Å². The van der Waals surface area contributed by atoms with Gasteiger partial charge in [-0.05, 0) is 25.0 Å². The number of amides is 3. The van der Waals surface area contributed by atoms with Crippen molar-refractivity contribution in [1.82, 2.24) is 15.2 Å². The van der Waals surface area contributed by atoms with Gasteiger partial charge in [0.1, 0.15) is 22.2 Å². The number of hydrogen-bond acceptors (Lipinski definition) is 8. The van der Waals surface area contributed by atoms with E-state index >= 15 is 0 Å². The molecule has 10 nitrogen and oxygen atoms in total. The highest BCUT2D eigenvalue weighted by atomic mass is 32.1. The summed E-state index contributed by atoms with van der Waals surface area (Å²) in [7, 11) is 6.32. The van der Waals surface area contributed by atoms with Crippen molar-refractivity contribution in [3.8, 4) is 11.5 Å². The Morgan fingerprint density at radius 2 is 1.82 bits per heavy atom. The van der Waals surface area contributed by atoms with E-state index in [4.69, 9.17) is 18.9 Å². The van der Waals surface area contributed by atoms with Gasteiger partial charge in [0.25, 0.3) is 5.91 Å². The molecule has 0 aliphatic rings. The van der Waals surface area contributed by atoms with E-state index in [1.165, 1.54) is 18.4 Å². The van der Waals surface area contributed by atoms with Crippen molar-refractivity contribution in [2.24, 2.45) is 0 Å². The predicted octanol–water partition coefficient (Wildman–Crippen LogP) is 3.00. The number of ether oxygens (including phenoxy) is 4. The van der Waals surface area contributed by atoms with E-state index in [0.29, 0.717) is 60.6 Å². The lowest BCUT2D eigenvalue weighted by Gasteiger charge is -2.23. The van der Waals surface area contributed by atoms with Crippen LogP contribution in [0.25, 0.3) is 0 Å². The third-order valence-electron chi connectivity index (χ3n) is 4.64. The standard InChI is InChI=1S/C22H32N4O6S/c1-29-11-5-9-23-21(27)18-15-33-20(24-18)14-26(10-6-12-30-2)22(28)25-17-8-7-16(31-3)13-19(17)32-4/h7-8,13,15H,5-6,9-12,14H2,1-4H3,(H,23,27)(H,25,28). The summed E-state index contributed by atoms with van der Waals surface area (Å²) in [5, 5.41) is 8.04. The number of rotatable bonds is 14. The molecule has 0 unspecified atom stereocenters. The summed E-state index contributed by atoms with van der Waals surface area (Å²) < 4.78 is 20.7. The molecule has 0 radical (unpaired) electrons. The molecule has 1 aromatic heterocycles. The molecule has 1 aromatic carbocycles. The number of carbonyl (C=O) groups is 2. The van der Waals surface area contributed by atoms with Gasteiger partial charge in [-0.3, -0.25) is 4.79 Å². The summed E-state index contributed by atoms with van der Waals surface area (Å²) >= 11 is 1.33. The molecule has 0 saturated carbocycles. The largest absolute Gasteiger partial charge is 0.497 e. The molecule has 2 aromatic rings. The zero-order valence-corrected chi connectivity index (χ0v) is 20.3. The minimum Gasteiger partial charge on any atom is -0.497 e. The molecule has 0 fully saturated rings. The fraction of sp³-hybridized carbons (Fsp3) is 0.500. The maximum absolute atomic E-state index is 13.1. The Kier molecular flexibility index (Phi) is 11.4. The van der Waals surface area contributed by atoms with Crippen LogP contribution in [-0.4, -0.2) is 76.6 Å². The summed E-state index contributed by atoms with van der Waals surface area (Å²) in [6, 6.07) is 4.85. The Morgan fingerprint density at radius 1 is 1.06 bits per heavy atom. The van der Waals surface area contributed by atoms with Crippen LogP contribution < -0.4 is 20.1 Å². The molecule has 0 atom stereocenters. The van der Waals surface area contributed by atoms with Crippen LogP contribution in [0, 0.1) is 0 Å². The second-order valence-corrected chi connectivity index (χ2v) is 7.94. The molecule has 182 valence electrons. The van der Waals surface area contributed by atoms with E-state index in [-0.39, 0.29) is 18.5 Å². The molecule has 3 amide bonds. The first-order valence-electron chi connectivity index (χ1n) is 10.5. The highest BCUT2D eigenvalue weighted by Crippen LogP contribution is 2.29. The van der Waals surface area contributed by atoms with Gasteiger partial charge >= 0.3 is 6.03 Å². The number of urea groups is 1. The zero-order chi connectivity index (χ0) is 24.1. The van der Waals surface area contributed by atoms with E-state index < -0.39 is 0 Å². The minimum atomic E-state index is -0.310. The normalized spacial score (nSPS) is 10.5. The summed E-state index contributed by atoms with van der Waals surface area (Å²) in [5.41, 5.74) is 0.858. The molecule has 33 heavy (non-hydrogen) atoms. The highest BCUT2D eigenvalue weighted by Gasteiger charge is 2.19. The van der Waals surface area contributed by atoms with Crippen molar-refractivity contribution in [1.29, 1.82) is 0 Å². The zero-order valence-electron chi connectivity index (χ0n) is 19.5. The first-order valence-corrected chi connectivity index (χ1v) is 11.4. The number of nitrogens with zero attached hydrogens (tertiary/aromatic N) is 2. The Hall–Kier alpha value is -2.89. The van der Waals surface area contributed by atoms with E-state index in [9.17, 15) is 9.59 Å². The average Bonchev–Trinajstić information content (AvgIpc) is 3.30. The number of benzene rings is 1. The van der Waals surface area contributed by atoms with Crippen molar-refractivity contribution >= 4 is 29.0 Å². The average molecular weight is 481 g/mol. The molecule has 0 aliphatic carbocycles. The molecule has 1 heterocycles. The monoisotopic (exact) mass is 480 g/mol. The molecule has 0 aliphatic heterocycles. The molecular weight excluding hydrogens is 448 g/mol. The van der Waals surface area contributed by atoms with Crippen LogP contribution in [-0.2, 0) is 16.0 Å². The molecule has 2 rings (SSSR count). The Balaban J connectivity index is 2.06.